The Kier molecular flexibility index (Phi) is 3.15. The van der Waals surface area contributed by atoms with E-state index in [1.54, 1.807) is 11.3 Å². The molecule has 14 heavy (non-hydrogen) atoms. The predicted octanol–water partition coefficient (Wildman–Crippen LogP) is 3.82. The van der Waals surface area contributed by atoms with Crippen LogP contribution in [0.3, 0.4) is 0 Å². The van der Waals surface area contributed by atoms with Crippen LogP contribution in [0.4, 0.5) is 0 Å². The van der Waals surface area contributed by atoms with E-state index in [0.29, 0.717) is 0 Å². The van der Waals surface area contributed by atoms with Crippen LogP contribution >= 0.6 is 22.9 Å². The molecule has 2 rings (SSSR count). The molecule has 0 bridgehead atoms. The lowest BCUT2D eigenvalue weighted by Crippen LogP contribution is -2.12. The van der Waals surface area contributed by atoms with Crippen molar-refractivity contribution in [3.8, 4) is 0 Å². The van der Waals surface area contributed by atoms with Gasteiger partial charge in [0.15, 0.2) is 0 Å². The van der Waals surface area contributed by atoms with Gasteiger partial charge in [-0.1, -0.05) is 0 Å². The van der Waals surface area contributed by atoms with E-state index in [4.69, 9.17) is 16.3 Å². The van der Waals surface area contributed by atoms with E-state index in [1.807, 2.05) is 0 Å². The fraction of sp³-hybridized carbons (Fsp3) is 0.636. The number of alkyl halides is 1. The van der Waals surface area contributed by atoms with E-state index < -0.39 is 0 Å². The van der Waals surface area contributed by atoms with Gasteiger partial charge in [-0.3, -0.25) is 0 Å². The molecule has 0 radical (unpaired) electrons. The number of hydrogen-bond donors (Lipinski definition) is 0. The first kappa shape index (κ1) is 10.5. The minimum atomic E-state index is 0.0520. The minimum absolute atomic E-state index is 0.0520. The molecular formula is C11H15ClOS. The van der Waals surface area contributed by atoms with Gasteiger partial charge in [0.05, 0.1) is 11.5 Å². The maximum absolute atomic E-state index is 6.42. The zero-order valence-electron chi connectivity index (χ0n) is 8.55. The summed E-state index contributed by atoms with van der Waals surface area (Å²) in [6.45, 7) is 5.13. The first-order valence-electron chi connectivity index (χ1n) is 5.01. The minimum Gasteiger partial charge on any atom is -0.376 e. The number of rotatable bonds is 2. The molecule has 0 spiro atoms. The Hall–Kier alpha value is -0.0500. The molecule has 1 aliphatic rings. The van der Waals surface area contributed by atoms with Gasteiger partial charge < -0.3 is 4.74 Å². The van der Waals surface area contributed by atoms with Crippen LogP contribution in [-0.2, 0) is 4.74 Å². The van der Waals surface area contributed by atoms with E-state index in [2.05, 4.69) is 19.9 Å². The van der Waals surface area contributed by atoms with Crippen LogP contribution in [0.5, 0.6) is 0 Å². The Morgan fingerprint density at radius 1 is 1.57 bits per heavy atom. The molecule has 0 aliphatic carbocycles. The SMILES string of the molecule is Cc1cc(C)c(C(Cl)C2CCCO2)s1. The zero-order chi connectivity index (χ0) is 10.1. The van der Waals surface area contributed by atoms with E-state index >= 15 is 0 Å². The van der Waals surface area contributed by atoms with E-state index in [0.717, 1.165) is 19.4 Å². The summed E-state index contributed by atoms with van der Waals surface area (Å²) in [5, 5.41) is 0.0520. The van der Waals surface area contributed by atoms with Crippen molar-refractivity contribution in [1.29, 1.82) is 0 Å². The average molecular weight is 231 g/mol. The van der Waals surface area contributed by atoms with Gasteiger partial charge in [0, 0.05) is 16.4 Å². The predicted molar refractivity (Wildman–Crippen MR) is 61.4 cm³/mol. The summed E-state index contributed by atoms with van der Waals surface area (Å²) in [7, 11) is 0. The van der Waals surface area contributed by atoms with Gasteiger partial charge >= 0.3 is 0 Å². The third kappa shape index (κ3) is 1.97. The second-order valence-electron chi connectivity index (χ2n) is 3.86. The van der Waals surface area contributed by atoms with Crippen LogP contribution in [0.1, 0.15) is 33.5 Å². The second-order valence-corrected chi connectivity index (χ2v) is 5.62. The molecule has 0 aromatic carbocycles. The van der Waals surface area contributed by atoms with Gasteiger partial charge in [-0.25, -0.2) is 0 Å². The third-order valence-corrected chi connectivity index (χ3v) is 4.49. The lowest BCUT2D eigenvalue weighted by molar-refractivity contribution is 0.108. The van der Waals surface area contributed by atoms with Crippen LogP contribution in [0, 0.1) is 13.8 Å². The zero-order valence-corrected chi connectivity index (χ0v) is 10.1. The maximum atomic E-state index is 6.42. The number of thiophene rings is 1. The Bertz CT molecular complexity index is 315. The van der Waals surface area contributed by atoms with Gasteiger partial charge in [-0.2, -0.15) is 0 Å². The summed E-state index contributed by atoms with van der Waals surface area (Å²) in [4.78, 5) is 2.62. The number of halogens is 1. The van der Waals surface area contributed by atoms with E-state index in [1.165, 1.54) is 15.3 Å². The Balaban J connectivity index is 2.17. The molecule has 0 N–H and O–H groups in total. The Morgan fingerprint density at radius 3 is 2.86 bits per heavy atom. The van der Waals surface area contributed by atoms with Gasteiger partial charge in [0.2, 0.25) is 0 Å². The van der Waals surface area contributed by atoms with Crippen molar-refractivity contribution in [2.75, 3.05) is 6.61 Å². The number of hydrogen-bond acceptors (Lipinski definition) is 2. The van der Waals surface area contributed by atoms with Crippen LogP contribution in [0.15, 0.2) is 6.07 Å². The molecule has 3 heteroatoms. The van der Waals surface area contributed by atoms with Gasteiger partial charge in [-0.15, -0.1) is 22.9 Å². The molecule has 0 amide bonds. The largest absolute Gasteiger partial charge is 0.376 e. The van der Waals surface area contributed by atoms with Crippen molar-refractivity contribution >= 4 is 22.9 Å². The summed E-state index contributed by atoms with van der Waals surface area (Å²) >= 11 is 8.21. The first-order chi connectivity index (χ1) is 6.68. The van der Waals surface area contributed by atoms with Crippen molar-refractivity contribution in [2.45, 2.75) is 38.2 Å². The summed E-state index contributed by atoms with van der Waals surface area (Å²) in [5.74, 6) is 0. The van der Waals surface area contributed by atoms with Gasteiger partial charge in [0.25, 0.3) is 0 Å². The first-order valence-corrected chi connectivity index (χ1v) is 6.26. The monoisotopic (exact) mass is 230 g/mol. The molecular weight excluding hydrogens is 216 g/mol. The van der Waals surface area contributed by atoms with Crippen molar-refractivity contribution in [1.82, 2.24) is 0 Å². The lowest BCUT2D eigenvalue weighted by Gasteiger charge is -2.15. The fourth-order valence-electron chi connectivity index (χ4n) is 1.94. The summed E-state index contributed by atoms with van der Waals surface area (Å²) < 4.78 is 5.61. The van der Waals surface area contributed by atoms with Crippen molar-refractivity contribution in [2.24, 2.45) is 0 Å². The molecule has 0 saturated carbocycles. The number of ether oxygens (including phenoxy) is 1. The van der Waals surface area contributed by atoms with E-state index in [9.17, 15) is 0 Å². The second kappa shape index (κ2) is 4.21. The van der Waals surface area contributed by atoms with E-state index in [-0.39, 0.29) is 11.5 Å². The average Bonchev–Trinajstić information content (AvgIpc) is 2.73. The normalized spacial score (nSPS) is 24.1. The standard InChI is InChI=1S/C11H15ClOS/c1-7-6-8(2)14-11(7)10(12)9-4-3-5-13-9/h6,9-10H,3-5H2,1-2H3. The molecule has 78 valence electrons. The van der Waals surface area contributed by atoms with Crippen LogP contribution in [0.25, 0.3) is 0 Å². The Morgan fingerprint density at radius 2 is 2.36 bits per heavy atom. The molecule has 1 fully saturated rings. The molecule has 1 aromatic heterocycles. The molecule has 1 aliphatic heterocycles. The van der Waals surface area contributed by atoms with Gasteiger partial charge in [0.1, 0.15) is 0 Å². The summed E-state index contributed by atoms with van der Waals surface area (Å²) in [6.07, 6.45) is 2.48. The van der Waals surface area contributed by atoms with Crippen molar-refractivity contribution < 1.29 is 4.74 Å². The highest BCUT2D eigenvalue weighted by atomic mass is 35.5. The highest BCUT2D eigenvalue weighted by Crippen LogP contribution is 2.38. The number of aryl methyl sites for hydroxylation is 2. The molecule has 2 heterocycles. The molecule has 2 atom stereocenters. The van der Waals surface area contributed by atoms with Gasteiger partial charge in [-0.05, 0) is 38.3 Å². The maximum Gasteiger partial charge on any atom is 0.0942 e. The summed E-state index contributed by atoms with van der Waals surface area (Å²) in [5.41, 5.74) is 1.31. The van der Waals surface area contributed by atoms with Crippen LogP contribution in [0.2, 0.25) is 0 Å². The van der Waals surface area contributed by atoms with Crippen LogP contribution in [-0.4, -0.2) is 12.7 Å². The third-order valence-electron chi connectivity index (χ3n) is 2.62. The smallest absolute Gasteiger partial charge is 0.0942 e. The van der Waals surface area contributed by atoms with Crippen molar-refractivity contribution in [3.05, 3.63) is 21.4 Å². The molecule has 2 unspecified atom stereocenters. The highest BCUT2D eigenvalue weighted by Gasteiger charge is 2.27. The molecule has 1 aromatic rings. The highest BCUT2D eigenvalue weighted by molar-refractivity contribution is 7.12. The quantitative estimate of drug-likeness (QED) is 0.702. The molecule has 1 nitrogen and oxygen atoms in total. The summed E-state index contributed by atoms with van der Waals surface area (Å²) in [6, 6.07) is 2.20. The Labute approximate surface area is 94.0 Å². The lowest BCUT2D eigenvalue weighted by atomic mass is 10.1. The topological polar surface area (TPSA) is 9.23 Å². The molecule has 1 saturated heterocycles. The fourth-order valence-corrected chi connectivity index (χ4v) is 3.51. The van der Waals surface area contributed by atoms with Crippen molar-refractivity contribution in [3.63, 3.8) is 0 Å². The van der Waals surface area contributed by atoms with Crippen LogP contribution < -0.4 is 0 Å².